The maximum atomic E-state index is 12.7. The third-order valence-corrected chi connectivity index (χ3v) is 4.66. The topological polar surface area (TPSA) is 49.8 Å². The Labute approximate surface area is 126 Å². The van der Waals surface area contributed by atoms with Crippen LogP contribution in [0.25, 0.3) is 0 Å². The number of rotatable bonds is 2. The minimum Gasteiger partial charge on any atom is -0.394 e. The van der Waals surface area contributed by atoms with Gasteiger partial charge in [-0.3, -0.25) is 4.79 Å². The van der Waals surface area contributed by atoms with Crippen molar-refractivity contribution >= 4 is 21.8 Å². The van der Waals surface area contributed by atoms with E-state index in [1.807, 2.05) is 6.07 Å². The Balaban J connectivity index is 1.73. The molecule has 20 heavy (non-hydrogen) atoms. The van der Waals surface area contributed by atoms with Crippen molar-refractivity contribution < 1.29 is 14.6 Å². The smallest absolute Gasteiger partial charge is 0.226 e. The monoisotopic (exact) mass is 339 g/mol. The number of carbonyl (C=O) groups is 1. The number of benzene rings is 1. The fraction of sp³-hybridized carbons (Fsp3) is 0.533. The third-order valence-electron chi connectivity index (χ3n) is 4.17. The minimum atomic E-state index is -0.188. The van der Waals surface area contributed by atoms with Crippen LogP contribution in [0.5, 0.6) is 0 Å². The molecular weight excluding hydrogens is 322 g/mol. The molecule has 1 aliphatic heterocycles. The first-order chi connectivity index (χ1) is 9.69. The summed E-state index contributed by atoms with van der Waals surface area (Å²) in [6, 6.07) is 6.03. The highest BCUT2D eigenvalue weighted by molar-refractivity contribution is 9.10. The fourth-order valence-corrected chi connectivity index (χ4v) is 3.50. The lowest BCUT2D eigenvalue weighted by Gasteiger charge is -2.36. The van der Waals surface area contributed by atoms with E-state index in [4.69, 9.17) is 4.74 Å². The van der Waals surface area contributed by atoms with Crippen LogP contribution in [0.1, 0.15) is 11.1 Å². The minimum absolute atomic E-state index is 0.00597. The SMILES string of the molecule is O=C(C1Cc2ccc(Br)cc2C1)N1CCOCC1CO. The Morgan fingerprint density at radius 2 is 2.20 bits per heavy atom. The molecule has 2 unspecified atom stereocenters. The number of hydrogen-bond donors (Lipinski definition) is 1. The van der Waals surface area contributed by atoms with Crippen molar-refractivity contribution in [3.8, 4) is 0 Å². The number of nitrogens with zero attached hydrogens (tertiary/aromatic N) is 1. The lowest BCUT2D eigenvalue weighted by molar-refractivity contribution is -0.145. The summed E-state index contributed by atoms with van der Waals surface area (Å²) in [5.41, 5.74) is 2.52. The van der Waals surface area contributed by atoms with Crippen LogP contribution in [0.15, 0.2) is 22.7 Å². The van der Waals surface area contributed by atoms with Gasteiger partial charge in [0, 0.05) is 16.9 Å². The van der Waals surface area contributed by atoms with Crippen LogP contribution in [0.3, 0.4) is 0 Å². The van der Waals surface area contributed by atoms with Crippen LogP contribution in [0.2, 0.25) is 0 Å². The van der Waals surface area contributed by atoms with Crippen molar-refractivity contribution in [1.82, 2.24) is 4.90 Å². The third kappa shape index (κ3) is 2.62. The van der Waals surface area contributed by atoms with Gasteiger partial charge in [-0.05, 0) is 36.1 Å². The molecule has 1 aromatic rings. The normalized spacial score (nSPS) is 25.6. The molecule has 0 radical (unpaired) electrons. The molecule has 5 heteroatoms. The van der Waals surface area contributed by atoms with E-state index in [0.29, 0.717) is 19.8 Å². The zero-order chi connectivity index (χ0) is 14.1. The highest BCUT2D eigenvalue weighted by atomic mass is 79.9. The molecule has 108 valence electrons. The molecule has 2 aliphatic rings. The summed E-state index contributed by atoms with van der Waals surface area (Å²) < 4.78 is 6.39. The van der Waals surface area contributed by atoms with E-state index < -0.39 is 0 Å². The lowest BCUT2D eigenvalue weighted by Crippen LogP contribution is -2.52. The molecule has 1 N–H and O–H groups in total. The first-order valence-corrected chi connectivity index (χ1v) is 7.74. The second kappa shape index (κ2) is 5.84. The number of halogens is 1. The van der Waals surface area contributed by atoms with Gasteiger partial charge in [-0.2, -0.15) is 0 Å². The van der Waals surface area contributed by atoms with Gasteiger partial charge in [-0.1, -0.05) is 22.0 Å². The highest BCUT2D eigenvalue weighted by Gasteiger charge is 2.34. The molecule has 2 atom stereocenters. The predicted molar refractivity (Wildman–Crippen MR) is 78.4 cm³/mol. The molecule has 1 fully saturated rings. The van der Waals surface area contributed by atoms with Crippen LogP contribution in [0, 0.1) is 5.92 Å². The Kier molecular flexibility index (Phi) is 4.10. The number of hydrogen-bond acceptors (Lipinski definition) is 3. The van der Waals surface area contributed by atoms with Crippen molar-refractivity contribution in [1.29, 1.82) is 0 Å². The largest absolute Gasteiger partial charge is 0.394 e. The predicted octanol–water partition coefficient (Wildman–Crippen LogP) is 1.38. The molecule has 1 aromatic carbocycles. The van der Waals surface area contributed by atoms with Gasteiger partial charge in [0.15, 0.2) is 0 Å². The molecule has 1 amide bonds. The van der Waals surface area contributed by atoms with Gasteiger partial charge >= 0.3 is 0 Å². The zero-order valence-corrected chi connectivity index (χ0v) is 12.8. The van der Waals surface area contributed by atoms with Crippen molar-refractivity contribution in [2.24, 2.45) is 5.92 Å². The van der Waals surface area contributed by atoms with E-state index in [2.05, 4.69) is 28.1 Å². The molecule has 0 bridgehead atoms. The molecule has 3 rings (SSSR count). The maximum Gasteiger partial charge on any atom is 0.226 e. The summed E-state index contributed by atoms with van der Waals surface area (Å²) in [6.45, 7) is 1.55. The molecular formula is C15H18BrNO3. The summed E-state index contributed by atoms with van der Waals surface area (Å²) in [6.07, 6.45) is 1.60. The fourth-order valence-electron chi connectivity index (χ4n) is 3.09. The van der Waals surface area contributed by atoms with Gasteiger partial charge in [0.25, 0.3) is 0 Å². The first-order valence-electron chi connectivity index (χ1n) is 6.95. The average Bonchev–Trinajstić information content (AvgIpc) is 2.89. The molecule has 1 heterocycles. The molecule has 0 spiro atoms. The molecule has 4 nitrogen and oxygen atoms in total. The summed E-state index contributed by atoms with van der Waals surface area (Å²) in [7, 11) is 0. The first kappa shape index (κ1) is 14.0. The van der Waals surface area contributed by atoms with Crippen molar-refractivity contribution in [3.05, 3.63) is 33.8 Å². The average molecular weight is 340 g/mol. The zero-order valence-electron chi connectivity index (χ0n) is 11.2. The Bertz CT molecular complexity index is 520. The Morgan fingerprint density at radius 3 is 3.00 bits per heavy atom. The molecule has 1 saturated heterocycles. The highest BCUT2D eigenvalue weighted by Crippen LogP contribution is 2.31. The van der Waals surface area contributed by atoms with E-state index in [9.17, 15) is 9.90 Å². The van der Waals surface area contributed by atoms with Crippen LogP contribution in [-0.4, -0.2) is 48.3 Å². The molecule has 0 saturated carbocycles. The van der Waals surface area contributed by atoms with E-state index >= 15 is 0 Å². The number of amides is 1. The second-order valence-corrected chi connectivity index (χ2v) is 6.38. The van der Waals surface area contributed by atoms with Gasteiger partial charge < -0.3 is 14.7 Å². The van der Waals surface area contributed by atoms with Crippen molar-refractivity contribution in [2.45, 2.75) is 18.9 Å². The van der Waals surface area contributed by atoms with E-state index in [0.717, 1.165) is 17.3 Å². The van der Waals surface area contributed by atoms with Crippen molar-refractivity contribution in [2.75, 3.05) is 26.4 Å². The van der Waals surface area contributed by atoms with Crippen LogP contribution in [-0.2, 0) is 22.4 Å². The van der Waals surface area contributed by atoms with Gasteiger partial charge in [-0.25, -0.2) is 0 Å². The number of morpholine rings is 1. The lowest BCUT2D eigenvalue weighted by atomic mass is 10.0. The van der Waals surface area contributed by atoms with E-state index in [-0.39, 0.29) is 24.5 Å². The summed E-state index contributed by atoms with van der Waals surface area (Å²) in [4.78, 5) is 14.5. The quantitative estimate of drug-likeness (QED) is 0.885. The number of aliphatic hydroxyl groups is 1. The van der Waals surface area contributed by atoms with Crippen LogP contribution in [0.4, 0.5) is 0 Å². The molecule has 0 aromatic heterocycles. The van der Waals surface area contributed by atoms with Gasteiger partial charge in [-0.15, -0.1) is 0 Å². The van der Waals surface area contributed by atoms with Gasteiger partial charge in [0.1, 0.15) is 0 Å². The number of fused-ring (bicyclic) bond motifs is 1. The van der Waals surface area contributed by atoms with E-state index in [1.54, 1.807) is 4.90 Å². The molecule has 1 aliphatic carbocycles. The standard InChI is InChI=1S/C15H18BrNO3/c16-13-2-1-10-5-12(6-11(10)7-13)15(19)17-3-4-20-9-14(17)8-18/h1-2,7,12,14,18H,3-6,8-9H2. The van der Waals surface area contributed by atoms with Gasteiger partial charge in [0.2, 0.25) is 5.91 Å². The second-order valence-electron chi connectivity index (χ2n) is 5.46. The van der Waals surface area contributed by atoms with Crippen molar-refractivity contribution in [3.63, 3.8) is 0 Å². The summed E-state index contributed by atoms with van der Waals surface area (Å²) in [5, 5.41) is 9.38. The summed E-state index contributed by atoms with van der Waals surface area (Å²) in [5.74, 6) is 0.158. The van der Waals surface area contributed by atoms with Crippen LogP contribution < -0.4 is 0 Å². The van der Waals surface area contributed by atoms with E-state index in [1.165, 1.54) is 11.1 Å². The Morgan fingerprint density at radius 1 is 1.40 bits per heavy atom. The number of aliphatic hydroxyl groups excluding tert-OH is 1. The number of carbonyl (C=O) groups excluding carboxylic acids is 1. The number of ether oxygens (including phenoxy) is 1. The Hall–Kier alpha value is -0.910. The van der Waals surface area contributed by atoms with Crippen LogP contribution >= 0.6 is 15.9 Å². The van der Waals surface area contributed by atoms with Gasteiger partial charge in [0.05, 0.1) is 25.9 Å². The summed E-state index contributed by atoms with van der Waals surface area (Å²) >= 11 is 3.47. The maximum absolute atomic E-state index is 12.7.